The number of hydrogen-bond donors (Lipinski definition) is 1. The number of rotatable bonds is 6. The molecular weight excluding hydrogens is 471 g/mol. The van der Waals surface area contributed by atoms with E-state index in [4.69, 9.17) is 11.6 Å². The molecule has 8 nitrogen and oxygen atoms in total. The Morgan fingerprint density at radius 3 is 2.53 bits per heavy atom. The first-order valence-electron chi connectivity index (χ1n) is 9.49. The van der Waals surface area contributed by atoms with Crippen molar-refractivity contribution in [3.63, 3.8) is 0 Å². The van der Waals surface area contributed by atoms with Crippen LogP contribution in [0, 0.1) is 6.92 Å². The van der Waals surface area contributed by atoms with Crippen molar-refractivity contribution in [1.82, 2.24) is 23.9 Å². The van der Waals surface area contributed by atoms with Crippen molar-refractivity contribution in [3.8, 4) is 11.3 Å². The van der Waals surface area contributed by atoms with Crippen LogP contribution in [0.15, 0.2) is 59.8 Å². The zero-order valence-electron chi connectivity index (χ0n) is 17.7. The number of imidazole rings is 1. The molecule has 4 rings (SSSR count). The van der Waals surface area contributed by atoms with Gasteiger partial charge in [-0.25, -0.2) is 22.2 Å². The minimum absolute atomic E-state index is 0. The summed E-state index contributed by atoms with van der Waals surface area (Å²) < 4.78 is 28.0. The summed E-state index contributed by atoms with van der Waals surface area (Å²) in [5, 5.41) is 8.07. The largest absolute Gasteiger partial charge is 0.378 e. The van der Waals surface area contributed by atoms with Gasteiger partial charge >= 0.3 is 0 Å². The topological polar surface area (TPSA) is 92.5 Å². The van der Waals surface area contributed by atoms with Crippen LogP contribution in [-0.4, -0.2) is 46.4 Å². The van der Waals surface area contributed by atoms with Crippen LogP contribution in [0.5, 0.6) is 0 Å². The molecule has 0 atom stereocenters. The van der Waals surface area contributed by atoms with Crippen LogP contribution >= 0.6 is 24.0 Å². The van der Waals surface area contributed by atoms with Crippen molar-refractivity contribution < 1.29 is 8.42 Å². The van der Waals surface area contributed by atoms with Gasteiger partial charge in [0.2, 0.25) is 10.0 Å². The lowest BCUT2D eigenvalue weighted by Crippen LogP contribution is -2.22. The number of sulfonamides is 1. The zero-order valence-corrected chi connectivity index (χ0v) is 20.0. The predicted octanol–water partition coefficient (Wildman–Crippen LogP) is 4.04. The van der Waals surface area contributed by atoms with Crippen molar-refractivity contribution in [2.24, 2.45) is 0 Å². The van der Waals surface area contributed by atoms with Gasteiger partial charge in [-0.05, 0) is 36.8 Å². The molecule has 0 bridgehead atoms. The van der Waals surface area contributed by atoms with E-state index in [9.17, 15) is 8.42 Å². The number of nitrogens with one attached hydrogen (secondary N) is 1. The van der Waals surface area contributed by atoms with E-state index in [0.717, 1.165) is 11.3 Å². The standard InChI is InChI=1S/C21H21ClN6O2S.ClH/c1-14-20(16-5-4-6-17(11-16)31(29,30)27(2)3)28-21(25-14)18(12-19(22)26-28)24-13-15-7-9-23-10-8-15;/h4-12,24H,13H2,1-3H3;1H. The van der Waals surface area contributed by atoms with E-state index in [1.165, 1.54) is 18.4 Å². The highest BCUT2D eigenvalue weighted by Gasteiger charge is 2.21. The molecule has 4 aromatic rings. The second-order valence-electron chi connectivity index (χ2n) is 7.19. The van der Waals surface area contributed by atoms with Gasteiger partial charge in [-0.3, -0.25) is 4.98 Å². The van der Waals surface area contributed by atoms with Crippen LogP contribution in [-0.2, 0) is 16.6 Å². The minimum Gasteiger partial charge on any atom is -0.378 e. The normalized spacial score (nSPS) is 11.5. The molecule has 0 aliphatic carbocycles. The molecule has 1 N–H and O–H groups in total. The summed E-state index contributed by atoms with van der Waals surface area (Å²) in [6.45, 7) is 2.42. The highest BCUT2D eigenvalue weighted by atomic mass is 35.5. The van der Waals surface area contributed by atoms with Crippen molar-refractivity contribution in [3.05, 3.63) is 71.3 Å². The first-order chi connectivity index (χ1) is 14.8. The highest BCUT2D eigenvalue weighted by molar-refractivity contribution is 7.89. The van der Waals surface area contributed by atoms with Gasteiger partial charge in [-0.15, -0.1) is 12.4 Å². The quantitative estimate of drug-likeness (QED) is 0.436. The van der Waals surface area contributed by atoms with Crippen LogP contribution in [0.1, 0.15) is 11.3 Å². The third kappa shape index (κ3) is 4.56. The van der Waals surface area contributed by atoms with E-state index >= 15 is 0 Å². The molecule has 168 valence electrons. The van der Waals surface area contributed by atoms with Crippen molar-refractivity contribution in [2.45, 2.75) is 18.4 Å². The van der Waals surface area contributed by atoms with Crippen molar-refractivity contribution >= 4 is 45.4 Å². The molecule has 0 radical (unpaired) electrons. The summed E-state index contributed by atoms with van der Waals surface area (Å²) in [4.78, 5) is 8.90. The Morgan fingerprint density at radius 2 is 1.84 bits per heavy atom. The second-order valence-corrected chi connectivity index (χ2v) is 9.73. The van der Waals surface area contributed by atoms with Gasteiger partial charge in [0.05, 0.1) is 22.0 Å². The summed E-state index contributed by atoms with van der Waals surface area (Å²) >= 11 is 6.31. The Hall–Kier alpha value is -2.72. The molecule has 0 amide bonds. The molecule has 3 aromatic heterocycles. The average Bonchev–Trinajstić information content (AvgIpc) is 3.08. The molecule has 0 unspecified atom stereocenters. The first-order valence-corrected chi connectivity index (χ1v) is 11.3. The number of aryl methyl sites for hydroxylation is 1. The lowest BCUT2D eigenvalue weighted by atomic mass is 10.1. The number of aromatic nitrogens is 4. The maximum atomic E-state index is 12.6. The molecule has 1 aromatic carbocycles. The third-order valence-electron chi connectivity index (χ3n) is 4.85. The predicted molar refractivity (Wildman–Crippen MR) is 128 cm³/mol. The summed E-state index contributed by atoms with van der Waals surface area (Å²) in [5.41, 5.74) is 4.46. The molecule has 0 aliphatic heterocycles. The lowest BCUT2D eigenvalue weighted by molar-refractivity contribution is 0.521. The van der Waals surface area contributed by atoms with Gasteiger partial charge in [-0.1, -0.05) is 23.7 Å². The minimum atomic E-state index is -3.57. The Labute approximate surface area is 197 Å². The van der Waals surface area contributed by atoms with Crippen LogP contribution < -0.4 is 5.32 Å². The molecule has 0 spiro atoms. The maximum Gasteiger partial charge on any atom is 0.242 e. The number of halogens is 2. The molecule has 0 aliphatic rings. The fourth-order valence-corrected chi connectivity index (χ4v) is 4.40. The fraction of sp³-hybridized carbons (Fsp3) is 0.190. The van der Waals surface area contributed by atoms with Gasteiger partial charge in [0.15, 0.2) is 10.8 Å². The van der Waals surface area contributed by atoms with E-state index in [-0.39, 0.29) is 17.3 Å². The van der Waals surface area contributed by atoms with Gasteiger partial charge in [0.1, 0.15) is 0 Å². The first kappa shape index (κ1) is 23.9. The highest BCUT2D eigenvalue weighted by Crippen LogP contribution is 2.30. The smallest absolute Gasteiger partial charge is 0.242 e. The number of fused-ring (bicyclic) bond motifs is 1. The average molecular weight is 493 g/mol. The Balaban J connectivity index is 0.00000289. The molecule has 0 fully saturated rings. The fourth-order valence-electron chi connectivity index (χ4n) is 3.27. The monoisotopic (exact) mass is 492 g/mol. The Kier molecular flexibility index (Phi) is 7.04. The van der Waals surface area contributed by atoms with E-state index in [1.807, 2.05) is 25.1 Å². The zero-order chi connectivity index (χ0) is 22.2. The number of nitrogens with zero attached hydrogens (tertiary/aromatic N) is 5. The van der Waals surface area contributed by atoms with Crippen LogP contribution in [0.25, 0.3) is 16.9 Å². The van der Waals surface area contributed by atoms with E-state index in [1.54, 1.807) is 41.2 Å². The van der Waals surface area contributed by atoms with Crippen LogP contribution in [0.3, 0.4) is 0 Å². The van der Waals surface area contributed by atoms with Gasteiger partial charge < -0.3 is 5.32 Å². The molecule has 11 heteroatoms. The second kappa shape index (κ2) is 9.41. The van der Waals surface area contributed by atoms with Crippen molar-refractivity contribution in [2.75, 3.05) is 19.4 Å². The van der Waals surface area contributed by atoms with Crippen LogP contribution in [0.2, 0.25) is 5.15 Å². The van der Waals surface area contributed by atoms with Gasteiger partial charge in [0.25, 0.3) is 0 Å². The molecule has 32 heavy (non-hydrogen) atoms. The van der Waals surface area contributed by atoms with E-state index in [0.29, 0.717) is 34.3 Å². The molecular formula is C21H22Cl2N6O2S. The van der Waals surface area contributed by atoms with E-state index < -0.39 is 10.0 Å². The van der Waals surface area contributed by atoms with Crippen LogP contribution in [0.4, 0.5) is 5.69 Å². The summed E-state index contributed by atoms with van der Waals surface area (Å²) in [6.07, 6.45) is 3.47. The maximum absolute atomic E-state index is 12.6. The summed E-state index contributed by atoms with van der Waals surface area (Å²) in [6, 6.07) is 12.3. The third-order valence-corrected chi connectivity index (χ3v) is 6.84. The molecule has 0 saturated heterocycles. The number of hydrogen-bond acceptors (Lipinski definition) is 6. The van der Waals surface area contributed by atoms with Crippen molar-refractivity contribution in [1.29, 1.82) is 0 Å². The Morgan fingerprint density at radius 1 is 1.12 bits per heavy atom. The van der Waals surface area contributed by atoms with Gasteiger partial charge in [0, 0.05) is 44.7 Å². The molecule has 3 heterocycles. The summed E-state index contributed by atoms with van der Waals surface area (Å²) in [7, 11) is -0.565. The number of benzene rings is 1. The van der Waals surface area contributed by atoms with Gasteiger partial charge in [-0.2, -0.15) is 5.10 Å². The summed E-state index contributed by atoms with van der Waals surface area (Å²) in [5.74, 6) is 0. The SMILES string of the molecule is Cc1nc2c(NCc3ccncc3)cc(Cl)nn2c1-c1cccc(S(=O)(=O)N(C)C)c1.Cl. The lowest BCUT2D eigenvalue weighted by Gasteiger charge is -2.13. The number of pyridine rings is 1. The van der Waals surface area contributed by atoms with E-state index in [2.05, 4.69) is 20.4 Å². The number of anilines is 1. The Bertz CT molecular complexity index is 1360. The molecule has 0 saturated carbocycles.